The van der Waals surface area contributed by atoms with Gasteiger partial charge < -0.3 is 14.7 Å². The van der Waals surface area contributed by atoms with E-state index in [2.05, 4.69) is 12.1 Å². The number of carboxylic acid groups (broad SMARTS) is 1. The summed E-state index contributed by atoms with van der Waals surface area (Å²) in [7, 11) is 0. The summed E-state index contributed by atoms with van der Waals surface area (Å²) in [5.74, 6) is -0.148. The standard InChI is InChI=1S/C21H27NO4/c23-19(16-7-10-26-11-8-16)22-13-18-12-17(15-4-2-1-3-5-15)6-9-21(18,14-22)20(24)25/h1-5,16-18H,6-14H2,(H,24,25)/t17-,18-,21-/m0/s1. The summed E-state index contributed by atoms with van der Waals surface area (Å²) in [5, 5.41) is 10.0. The van der Waals surface area contributed by atoms with Crippen molar-refractivity contribution in [1.29, 1.82) is 0 Å². The molecule has 0 aromatic heterocycles. The summed E-state index contributed by atoms with van der Waals surface area (Å²) < 4.78 is 5.36. The van der Waals surface area contributed by atoms with Gasteiger partial charge in [0.25, 0.3) is 0 Å². The first-order chi connectivity index (χ1) is 12.6. The number of carboxylic acids is 1. The molecule has 26 heavy (non-hydrogen) atoms. The van der Waals surface area contributed by atoms with Gasteiger partial charge in [-0.25, -0.2) is 0 Å². The Morgan fingerprint density at radius 3 is 2.54 bits per heavy atom. The highest BCUT2D eigenvalue weighted by molar-refractivity contribution is 5.82. The van der Waals surface area contributed by atoms with Gasteiger partial charge in [-0.2, -0.15) is 0 Å². The lowest BCUT2D eigenvalue weighted by Crippen LogP contribution is -2.43. The SMILES string of the molecule is O=C(C1CCOCC1)N1C[C@@H]2C[C@@H](c3ccccc3)CC[C@]2(C(=O)O)C1. The highest BCUT2D eigenvalue weighted by atomic mass is 16.5. The molecule has 0 spiro atoms. The zero-order chi connectivity index (χ0) is 18.1. The van der Waals surface area contributed by atoms with Crippen LogP contribution in [-0.2, 0) is 14.3 Å². The maximum Gasteiger partial charge on any atom is 0.311 e. The van der Waals surface area contributed by atoms with Gasteiger partial charge in [-0.05, 0) is 49.5 Å². The summed E-state index contributed by atoms with van der Waals surface area (Å²) >= 11 is 0. The molecule has 1 amide bonds. The number of ether oxygens (including phenoxy) is 1. The Bertz CT molecular complexity index is 670. The molecule has 4 rings (SSSR count). The van der Waals surface area contributed by atoms with Gasteiger partial charge in [-0.1, -0.05) is 30.3 Å². The molecule has 1 N–H and O–H groups in total. The molecule has 1 saturated carbocycles. The summed E-state index contributed by atoms with van der Waals surface area (Å²) in [5.41, 5.74) is 0.534. The molecule has 0 unspecified atom stereocenters. The highest BCUT2D eigenvalue weighted by Crippen LogP contribution is 2.51. The van der Waals surface area contributed by atoms with Crippen LogP contribution in [0.2, 0.25) is 0 Å². The van der Waals surface area contributed by atoms with E-state index in [4.69, 9.17) is 4.74 Å². The van der Waals surface area contributed by atoms with Crippen molar-refractivity contribution in [3.63, 3.8) is 0 Å². The summed E-state index contributed by atoms with van der Waals surface area (Å²) in [4.78, 5) is 27.0. The Kier molecular flexibility index (Phi) is 4.74. The number of nitrogens with zero attached hydrogens (tertiary/aromatic N) is 1. The van der Waals surface area contributed by atoms with Crippen LogP contribution in [0.3, 0.4) is 0 Å². The van der Waals surface area contributed by atoms with E-state index in [1.54, 1.807) is 0 Å². The quantitative estimate of drug-likeness (QED) is 0.903. The summed E-state index contributed by atoms with van der Waals surface area (Å²) in [6.07, 6.45) is 3.91. The van der Waals surface area contributed by atoms with E-state index in [1.807, 2.05) is 23.1 Å². The van der Waals surface area contributed by atoms with Crippen LogP contribution in [0.4, 0.5) is 0 Å². The predicted molar refractivity (Wildman–Crippen MR) is 96.7 cm³/mol. The Morgan fingerprint density at radius 2 is 1.85 bits per heavy atom. The van der Waals surface area contributed by atoms with Crippen molar-refractivity contribution in [3.8, 4) is 0 Å². The number of hydrogen-bond acceptors (Lipinski definition) is 3. The number of carbonyl (C=O) groups is 2. The van der Waals surface area contributed by atoms with Gasteiger partial charge in [0.05, 0.1) is 5.41 Å². The number of carbonyl (C=O) groups excluding carboxylic acids is 1. The molecule has 2 saturated heterocycles. The number of benzene rings is 1. The van der Waals surface area contributed by atoms with Gasteiger partial charge in [0.15, 0.2) is 0 Å². The largest absolute Gasteiger partial charge is 0.481 e. The van der Waals surface area contributed by atoms with Crippen molar-refractivity contribution in [3.05, 3.63) is 35.9 Å². The fraction of sp³-hybridized carbons (Fsp3) is 0.619. The third kappa shape index (κ3) is 3.02. The van der Waals surface area contributed by atoms with Crippen molar-refractivity contribution in [1.82, 2.24) is 4.90 Å². The Hall–Kier alpha value is -1.88. The van der Waals surface area contributed by atoms with Gasteiger partial charge in [-0.3, -0.25) is 9.59 Å². The second-order valence-electron chi connectivity index (χ2n) is 8.15. The average Bonchev–Trinajstić information content (AvgIpc) is 3.09. The molecule has 2 aliphatic heterocycles. The number of rotatable bonds is 3. The molecule has 0 bridgehead atoms. The lowest BCUT2D eigenvalue weighted by atomic mass is 9.64. The van der Waals surface area contributed by atoms with E-state index >= 15 is 0 Å². The fourth-order valence-electron chi connectivity index (χ4n) is 5.20. The van der Waals surface area contributed by atoms with Crippen LogP contribution in [0.15, 0.2) is 30.3 Å². The summed E-state index contributed by atoms with van der Waals surface area (Å²) in [6.45, 7) is 2.23. The zero-order valence-corrected chi connectivity index (χ0v) is 15.1. The molecule has 1 aromatic carbocycles. The van der Waals surface area contributed by atoms with Crippen molar-refractivity contribution in [2.45, 2.75) is 38.0 Å². The first kappa shape index (κ1) is 17.5. The molecule has 0 radical (unpaired) electrons. The second-order valence-corrected chi connectivity index (χ2v) is 8.15. The predicted octanol–water partition coefficient (Wildman–Crippen LogP) is 2.91. The fourth-order valence-corrected chi connectivity index (χ4v) is 5.20. The topological polar surface area (TPSA) is 66.8 Å². The molecule has 3 atom stereocenters. The van der Waals surface area contributed by atoms with E-state index in [0.29, 0.717) is 38.6 Å². The van der Waals surface area contributed by atoms with Crippen LogP contribution in [-0.4, -0.2) is 48.2 Å². The third-order valence-corrected chi connectivity index (χ3v) is 6.78. The first-order valence-corrected chi connectivity index (χ1v) is 9.75. The van der Waals surface area contributed by atoms with E-state index in [0.717, 1.165) is 25.7 Å². The average molecular weight is 357 g/mol. The van der Waals surface area contributed by atoms with Gasteiger partial charge in [-0.15, -0.1) is 0 Å². The number of amides is 1. The van der Waals surface area contributed by atoms with Crippen LogP contribution in [0.5, 0.6) is 0 Å². The Balaban J connectivity index is 1.52. The smallest absolute Gasteiger partial charge is 0.311 e. The monoisotopic (exact) mass is 357 g/mol. The lowest BCUT2D eigenvalue weighted by Gasteiger charge is -2.38. The Labute approximate surface area is 154 Å². The van der Waals surface area contributed by atoms with E-state index in [9.17, 15) is 14.7 Å². The molecular weight excluding hydrogens is 330 g/mol. The van der Waals surface area contributed by atoms with Crippen LogP contribution >= 0.6 is 0 Å². The maximum atomic E-state index is 12.9. The molecular formula is C21H27NO4. The van der Waals surface area contributed by atoms with E-state index < -0.39 is 11.4 Å². The molecule has 3 aliphatic rings. The molecule has 5 heteroatoms. The lowest BCUT2D eigenvalue weighted by molar-refractivity contribution is -0.153. The van der Waals surface area contributed by atoms with Crippen LogP contribution in [0, 0.1) is 17.3 Å². The zero-order valence-electron chi connectivity index (χ0n) is 15.1. The molecule has 1 aromatic rings. The van der Waals surface area contributed by atoms with Crippen molar-refractivity contribution < 1.29 is 19.4 Å². The number of fused-ring (bicyclic) bond motifs is 1. The first-order valence-electron chi connectivity index (χ1n) is 9.75. The molecule has 2 heterocycles. The van der Waals surface area contributed by atoms with Gasteiger partial charge >= 0.3 is 5.97 Å². The minimum atomic E-state index is -0.758. The number of aliphatic carboxylic acids is 1. The van der Waals surface area contributed by atoms with E-state index in [1.165, 1.54) is 5.56 Å². The normalized spacial score (nSPS) is 32.2. The van der Waals surface area contributed by atoms with Crippen molar-refractivity contribution in [2.75, 3.05) is 26.3 Å². The van der Waals surface area contributed by atoms with Gasteiger partial charge in [0.2, 0.25) is 5.91 Å². The Morgan fingerprint density at radius 1 is 1.12 bits per heavy atom. The molecule has 1 aliphatic carbocycles. The highest BCUT2D eigenvalue weighted by Gasteiger charge is 2.56. The minimum Gasteiger partial charge on any atom is -0.481 e. The van der Waals surface area contributed by atoms with E-state index in [-0.39, 0.29) is 17.7 Å². The number of hydrogen-bond donors (Lipinski definition) is 1. The molecule has 3 fully saturated rings. The second kappa shape index (κ2) is 7.03. The van der Waals surface area contributed by atoms with Crippen LogP contribution in [0.25, 0.3) is 0 Å². The number of likely N-dealkylation sites (tertiary alicyclic amines) is 1. The van der Waals surface area contributed by atoms with Crippen LogP contribution in [0.1, 0.15) is 43.6 Å². The van der Waals surface area contributed by atoms with Crippen molar-refractivity contribution in [2.24, 2.45) is 17.3 Å². The van der Waals surface area contributed by atoms with Crippen LogP contribution < -0.4 is 0 Å². The summed E-state index contributed by atoms with van der Waals surface area (Å²) in [6, 6.07) is 10.4. The molecule has 5 nitrogen and oxygen atoms in total. The van der Waals surface area contributed by atoms with Gasteiger partial charge in [0.1, 0.15) is 0 Å². The maximum absolute atomic E-state index is 12.9. The molecule has 140 valence electrons. The van der Waals surface area contributed by atoms with Gasteiger partial charge in [0, 0.05) is 32.2 Å². The van der Waals surface area contributed by atoms with Crippen molar-refractivity contribution >= 4 is 11.9 Å². The third-order valence-electron chi connectivity index (χ3n) is 6.78. The minimum absolute atomic E-state index is 0.000307.